The largest absolute Gasteiger partial charge is 0.378 e. The third kappa shape index (κ3) is 2.19. The van der Waals surface area contributed by atoms with E-state index < -0.39 is 0 Å². The second kappa shape index (κ2) is 5.60. The Morgan fingerprint density at radius 3 is 2.88 bits per heavy atom. The minimum absolute atomic E-state index is 0.179. The minimum atomic E-state index is 0.179. The number of likely N-dealkylation sites (tertiary alicyclic amines) is 1. The predicted octanol–water partition coefficient (Wildman–Crippen LogP) is 3.41. The highest BCUT2D eigenvalue weighted by Gasteiger charge is 2.40. The zero-order chi connectivity index (χ0) is 16.1. The van der Waals surface area contributed by atoms with Crippen LogP contribution < -0.4 is 10.6 Å². The summed E-state index contributed by atoms with van der Waals surface area (Å²) in [6, 6.07) is 9.12. The summed E-state index contributed by atoms with van der Waals surface area (Å²) in [4.78, 5) is 14.5. The van der Waals surface area contributed by atoms with Gasteiger partial charge in [0.2, 0.25) is 0 Å². The standard InChI is InChI=1S/C19H21N3OS/c23-19(22-7-1-8-22)12-2-3-16-15(10-12)18-14(4-6-20-18)17(21-16)13-5-9-24-11-13/h2-3,5,9-11,14,17-18,20-21H,1,4,6-8H2/t14-,17?,18-/m0/s1. The summed E-state index contributed by atoms with van der Waals surface area (Å²) < 4.78 is 0. The van der Waals surface area contributed by atoms with Gasteiger partial charge in [0.15, 0.2) is 0 Å². The number of hydrogen-bond acceptors (Lipinski definition) is 4. The van der Waals surface area contributed by atoms with E-state index in [1.54, 1.807) is 11.3 Å². The van der Waals surface area contributed by atoms with Gasteiger partial charge in [0.25, 0.3) is 5.91 Å². The summed E-state index contributed by atoms with van der Waals surface area (Å²) in [5.41, 5.74) is 4.64. The topological polar surface area (TPSA) is 44.4 Å². The molecular formula is C19H21N3OS. The van der Waals surface area contributed by atoms with Crippen LogP contribution >= 0.6 is 11.3 Å². The summed E-state index contributed by atoms with van der Waals surface area (Å²) in [6.45, 7) is 2.85. The minimum Gasteiger partial charge on any atom is -0.378 e. The third-order valence-corrected chi connectivity index (χ3v) is 6.39. The van der Waals surface area contributed by atoms with Crippen molar-refractivity contribution in [3.8, 4) is 0 Å². The first-order valence-corrected chi connectivity index (χ1v) is 9.71. The van der Waals surface area contributed by atoms with Crippen LogP contribution in [0.3, 0.4) is 0 Å². The van der Waals surface area contributed by atoms with Crippen LogP contribution in [0.15, 0.2) is 35.0 Å². The molecule has 5 rings (SSSR count). The van der Waals surface area contributed by atoms with Gasteiger partial charge in [-0.2, -0.15) is 11.3 Å². The highest BCUT2D eigenvalue weighted by Crippen LogP contribution is 2.47. The van der Waals surface area contributed by atoms with Gasteiger partial charge < -0.3 is 15.5 Å². The van der Waals surface area contributed by atoms with E-state index in [2.05, 4.69) is 39.6 Å². The zero-order valence-corrected chi connectivity index (χ0v) is 14.3. The average Bonchev–Trinajstić information content (AvgIpc) is 3.23. The van der Waals surface area contributed by atoms with Crippen molar-refractivity contribution in [2.24, 2.45) is 5.92 Å². The molecule has 2 saturated heterocycles. The number of anilines is 1. The van der Waals surface area contributed by atoms with Crippen molar-refractivity contribution < 1.29 is 4.79 Å². The number of benzene rings is 1. The van der Waals surface area contributed by atoms with Crippen molar-refractivity contribution in [2.45, 2.75) is 24.9 Å². The third-order valence-electron chi connectivity index (χ3n) is 5.69. The summed E-state index contributed by atoms with van der Waals surface area (Å²) in [7, 11) is 0. The lowest BCUT2D eigenvalue weighted by atomic mass is 9.80. The summed E-state index contributed by atoms with van der Waals surface area (Å²) in [6.07, 6.45) is 2.30. The van der Waals surface area contributed by atoms with Crippen molar-refractivity contribution in [3.63, 3.8) is 0 Å². The molecule has 1 aromatic carbocycles. The Labute approximate surface area is 145 Å². The molecule has 4 heterocycles. The lowest BCUT2D eigenvalue weighted by Gasteiger charge is -2.37. The van der Waals surface area contributed by atoms with Gasteiger partial charge >= 0.3 is 0 Å². The predicted molar refractivity (Wildman–Crippen MR) is 96.5 cm³/mol. The fourth-order valence-electron chi connectivity index (χ4n) is 4.27. The van der Waals surface area contributed by atoms with Crippen molar-refractivity contribution in [1.82, 2.24) is 10.2 Å². The Hall–Kier alpha value is -1.85. The number of carbonyl (C=O) groups is 1. The molecule has 24 heavy (non-hydrogen) atoms. The van der Waals surface area contributed by atoms with Gasteiger partial charge in [-0.1, -0.05) is 0 Å². The van der Waals surface area contributed by atoms with Crippen LogP contribution in [-0.4, -0.2) is 30.4 Å². The molecule has 0 aliphatic carbocycles. The first-order chi connectivity index (χ1) is 11.8. The fourth-order valence-corrected chi connectivity index (χ4v) is 4.96. The molecular weight excluding hydrogens is 318 g/mol. The molecule has 1 aromatic heterocycles. The number of fused-ring (bicyclic) bond motifs is 3. The Morgan fingerprint density at radius 1 is 1.21 bits per heavy atom. The smallest absolute Gasteiger partial charge is 0.253 e. The maximum Gasteiger partial charge on any atom is 0.253 e. The molecule has 5 heteroatoms. The van der Waals surface area contributed by atoms with E-state index in [0.29, 0.717) is 18.0 Å². The number of amides is 1. The highest BCUT2D eigenvalue weighted by atomic mass is 32.1. The lowest BCUT2D eigenvalue weighted by molar-refractivity contribution is 0.0651. The van der Waals surface area contributed by atoms with E-state index in [0.717, 1.165) is 31.6 Å². The summed E-state index contributed by atoms with van der Waals surface area (Å²) in [5, 5.41) is 11.8. The molecule has 1 unspecified atom stereocenters. The van der Waals surface area contributed by atoms with Gasteiger partial charge in [0.05, 0.1) is 6.04 Å². The number of thiophene rings is 1. The van der Waals surface area contributed by atoms with Crippen LogP contribution in [0.2, 0.25) is 0 Å². The molecule has 2 N–H and O–H groups in total. The van der Waals surface area contributed by atoms with Crippen molar-refractivity contribution in [3.05, 3.63) is 51.7 Å². The maximum absolute atomic E-state index is 12.5. The molecule has 0 radical (unpaired) electrons. The van der Waals surface area contributed by atoms with Gasteiger partial charge in [-0.25, -0.2) is 0 Å². The van der Waals surface area contributed by atoms with Crippen LogP contribution in [0.5, 0.6) is 0 Å². The number of hydrogen-bond donors (Lipinski definition) is 2. The van der Waals surface area contributed by atoms with E-state index in [1.807, 2.05) is 11.0 Å². The fraction of sp³-hybridized carbons (Fsp3) is 0.421. The van der Waals surface area contributed by atoms with E-state index in [-0.39, 0.29) is 5.91 Å². The first kappa shape index (κ1) is 14.5. The number of carbonyl (C=O) groups excluding carboxylic acids is 1. The van der Waals surface area contributed by atoms with Gasteiger partial charge in [0.1, 0.15) is 0 Å². The molecule has 4 nitrogen and oxygen atoms in total. The van der Waals surface area contributed by atoms with Crippen LogP contribution in [-0.2, 0) is 0 Å². The second-order valence-corrected chi connectivity index (χ2v) is 7.79. The van der Waals surface area contributed by atoms with Crippen LogP contribution in [0, 0.1) is 5.92 Å². The Bertz CT molecular complexity index is 769. The number of nitrogens with zero attached hydrogens (tertiary/aromatic N) is 1. The Balaban J connectivity index is 1.51. The number of nitrogens with one attached hydrogen (secondary N) is 2. The number of rotatable bonds is 2. The summed E-state index contributed by atoms with van der Waals surface area (Å²) in [5.74, 6) is 0.722. The van der Waals surface area contributed by atoms with Crippen molar-refractivity contribution in [2.75, 3.05) is 25.0 Å². The van der Waals surface area contributed by atoms with Crippen LogP contribution in [0.25, 0.3) is 0 Å². The summed E-state index contributed by atoms with van der Waals surface area (Å²) >= 11 is 1.76. The van der Waals surface area contributed by atoms with Gasteiger partial charge in [0, 0.05) is 36.3 Å². The average molecular weight is 339 g/mol. The van der Waals surface area contributed by atoms with Gasteiger partial charge in [-0.05, 0) is 65.5 Å². The quantitative estimate of drug-likeness (QED) is 0.881. The lowest BCUT2D eigenvalue weighted by Crippen LogP contribution is -2.42. The molecule has 0 spiro atoms. The second-order valence-electron chi connectivity index (χ2n) is 7.01. The van der Waals surface area contributed by atoms with E-state index in [1.165, 1.54) is 23.2 Å². The van der Waals surface area contributed by atoms with E-state index in [4.69, 9.17) is 0 Å². The molecule has 3 atom stereocenters. The monoisotopic (exact) mass is 339 g/mol. The maximum atomic E-state index is 12.5. The van der Waals surface area contributed by atoms with Gasteiger partial charge in [-0.15, -0.1) is 0 Å². The molecule has 1 amide bonds. The molecule has 3 aliphatic rings. The normalized spacial score (nSPS) is 27.8. The first-order valence-electron chi connectivity index (χ1n) is 8.76. The van der Waals surface area contributed by atoms with Crippen molar-refractivity contribution >= 4 is 22.9 Å². The zero-order valence-electron chi connectivity index (χ0n) is 13.5. The molecule has 2 aromatic rings. The van der Waals surface area contributed by atoms with Crippen LogP contribution in [0.1, 0.15) is 46.4 Å². The Morgan fingerprint density at radius 2 is 2.12 bits per heavy atom. The Kier molecular flexibility index (Phi) is 3.38. The SMILES string of the molecule is O=C(c1ccc2c(c1)[C@H]1NCC[C@H]1C(c1ccsc1)N2)N1CCC1. The molecule has 0 saturated carbocycles. The van der Waals surface area contributed by atoms with Crippen molar-refractivity contribution in [1.29, 1.82) is 0 Å². The molecule has 2 fully saturated rings. The van der Waals surface area contributed by atoms with Crippen LogP contribution in [0.4, 0.5) is 5.69 Å². The highest BCUT2D eigenvalue weighted by molar-refractivity contribution is 7.08. The van der Waals surface area contributed by atoms with E-state index >= 15 is 0 Å². The van der Waals surface area contributed by atoms with Gasteiger partial charge in [-0.3, -0.25) is 4.79 Å². The van der Waals surface area contributed by atoms with E-state index in [9.17, 15) is 4.79 Å². The molecule has 124 valence electrons. The molecule has 0 bridgehead atoms. The molecule has 3 aliphatic heterocycles.